The van der Waals surface area contributed by atoms with Gasteiger partial charge in [0.15, 0.2) is 0 Å². The standard InChI is InChI=1S/C27H27ClF3N3OS/c1-19(33-13-11-20-6-3-4-7-21(20)18-33)16-25-24-8-5-12-32(24)14-15-34(25)36(2,35)26-10-9-22(17-23(26)28)27(29,30)31/h3-10,12,17,25H,1-2,11,13-16,18H2. The van der Waals surface area contributed by atoms with Crippen LogP contribution in [-0.2, 0) is 35.4 Å². The maximum atomic E-state index is 14.2. The fraction of sp³-hybridized carbons (Fsp3) is 0.296. The zero-order valence-electron chi connectivity index (χ0n) is 19.7. The van der Waals surface area contributed by atoms with Crippen molar-refractivity contribution in [1.82, 2.24) is 13.8 Å². The van der Waals surface area contributed by atoms with E-state index in [0.29, 0.717) is 19.5 Å². The number of hydrogen-bond acceptors (Lipinski definition) is 2. The summed E-state index contributed by atoms with van der Waals surface area (Å²) in [6, 6.07) is 14.9. The van der Waals surface area contributed by atoms with E-state index >= 15 is 0 Å². The second kappa shape index (κ2) is 9.32. The molecule has 0 amide bonds. The molecule has 0 N–H and O–H groups in total. The fourth-order valence-electron chi connectivity index (χ4n) is 5.18. The highest BCUT2D eigenvalue weighted by atomic mass is 35.5. The third-order valence-electron chi connectivity index (χ3n) is 7.10. The number of benzene rings is 2. The molecule has 2 aromatic carbocycles. The van der Waals surface area contributed by atoms with Crippen molar-refractivity contribution in [2.24, 2.45) is 0 Å². The van der Waals surface area contributed by atoms with Gasteiger partial charge in [0.1, 0.15) is 0 Å². The van der Waals surface area contributed by atoms with E-state index in [2.05, 4.69) is 40.1 Å². The molecule has 2 aliphatic rings. The molecule has 9 heteroatoms. The first-order valence-electron chi connectivity index (χ1n) is 11.7. The van der Waals surface area contributed by atoms with Gasteiger partial charge in [0, 0.05) is 50.2 Å². The van der Waals surface area contributed by atoms with E-state index in [0.717, 1.165) is 43.0 Å². The van der Waals surface area contributed by atoms with Crippen LogP contribution in [0.25, 0.3) is 0 Å². The highest BCUT2D eigenvalue weighted by molar-refractivity contribution is 7.98. The molecule has 2 unspecified atom stereocenters. The zero-order chi connectivity index (χ0) is 25.7. The van der Waals surface area contributed by atoms with E-state index < -0.39 is 21.4 Å². The monoisotopic (exact) mass is 533 g/mol. The van der Waals surface area contributed by atoms with Crippen LogP contribution < -0.4 is 0 Å². The summed E-state index contributed by atoms with van der Waals surface area (Å²) >= 11 is 6.26. The number of alkyl halides is 3. The van der Waals surface area contributed by atoms with Crippen LogP contribution >= 0.6 is 11.6 Å². The van der Waals surface area contributed by atoms with Gasteiger partial charge < -0.3 is 9.47 Å². The summed E-state index contributed by atoms with van der Waals surface area (Å²) in [5.41, 5.74) is 3.62. The van der Waals surface area contributed by atoms with Crippen LogP contribution in [0.5, 0.6) is 0 Å². The molecule has 0 radical (unpaired) electrons. The van der Waals surface area contributed by atoms with Crippen LogP contribution in [-0.4, -0.2) is 36.9 Å². The van der Waals surface area contributed by atoms with Crippen molar-refractivity contribution in [3.05, 3.63) is 100 Å². The Bertz CT molecular complexity index is 1410. The zero-order valence-corrected chi connectivity index (χ0v) is 21.3. The molecule has 0 aliphatic carbocycles. The Morgan fingerprint density at radius 3 is 2.53 bits per heavy atom. The van der Waals surface area contributed by atoms with E-state index in [1.165, 1.54) is 17.2 Å². The lowest BCUT2D eigenvalue weighted by Gasteiger charge is -2.41. The van der Waals surface area contributed by atoms with Crippen LogP contribution in [0.1, 0.15) is 34.8 Å². The summed E-state index contributed by atoms with van der Waals surface area (Å²) < 4.78 is 57.6. The van der Waals surface area contributed by atoms with Gasteiger partial charge >= 0.3 is 6.18 Å². The molecule has 36 heavy (non-hydrogen) atoms. The topological polar surface area (TPSA) is 28.5 Å². The van der Waals surface area contributed by atoms with Gasteiger partial charge in [0.2, 0.25) is 0 Å². The maximum absolute atomic E-state index is 14.2. The van der Waals surface area contributed by atoms with Crippen molar-refractivity contribution in [3.8, 4) is 0 Å². The van der Waals surface area contributed by atoms with E-state index in [9.17, 15) is 17.4 Å². The van der Waals surface area contributed by atoms with Gasteiger partial charge in [0.05, 0.1) is 31.2 Å². The smallest absolute Gasteiger partial charge is 0.371 e. The molecule has 0 fully saturated rings. The van der Waals surface area contributed by atoms with Crippen LogP contribution in [0.3, 0.4) is 0 Å². The van der Waals surface area contributed by atoms with Gasteiger partial charge in [0.25, 0.3) is 0 Å². The summed E-state index contributed by atoms with van der Waals surface area (Å²) in [6.07, 6.45) is -1.12. The molecule has 3 heterocycles. The molecule has 4 nitrogen and oxygen atoms in total. The van der Waals surface area contributed by atoms with Gasteiger partial charge in [-0.15, -0.1) is 0 Å². The Balaban J connectivity index is 1.45. The highest BCUT2D eigenvalue weighted by Crippen LogP contribution is 2.40. The lowest BCUT2D eigenvalue weighted by atomic mass is 9.98. The van der Waals surface area contributed by atoms with Crippen molar-refractivity contribution in [2.75, 3.05) is 13.1 Å². The molecule has 0 saturated heterocycles. The maximum Gasteiger partial charge on any atom is 0.416 e. The number of aromatic nitrogens is 1. The second-order valence-corrected chi connectivity index (χ2v) is 11.9. The quantitative estimate of drug-likeness (QED) is 0.367. The normalized spacial score (nSPS) is 19.9. The summed E-state index contributed by atoms with van der Waals surface area (Å²) in [6.45, 7) is 6.98. The van der Waals surface area contributed by atoms with Crippen molar-refractivity contribution >= 4 is 27.2 Å². The first-order chi connectivity index (χ1) is 17.1. The van der Waals surface area contributed by atoms with Crippen molar-refractivity contribution < 1.29 is 17.4 Å². The Labute approximate surface area is 214 Å². The third-order valence-corrected chi connectivity index (χ3v) is 9.77. The van der Waals surface area contributed by atoms with Crippen LogP contribution in [0.4, 0.5) is 13.2 Å². The van der Waals surface area contributed by atoms with Gasteiger partial charge in [-0.3, -0.25) is 0 Å². The Morgan fingerprint density at radius 1 is 1.06 bits per heavy atom. The number of nitrogens with zero attached hydrogens (tertiary/aromatic N) is 3. The van der Waals surface area contributed by atoms with E-state index in [-0.39, 0.29) is 16.0 Å². The minimum atomic E-state index is -4.54. The SMILES string of the molecule is C=C(CC1c2cccn2CCN1S(=C)(=O)c1ccc(C(F)(F)F)cc1Cl)N1CCc2ccccc2C1. The molecule has 0 spiro atoms. The van der Waals surface area contributed by atoms with Gasteiger partial charge in [-0.05, 0) is 53.7 Å². The van der Waals surface area contributed by atoms with Crippen LogP contribution in [0.2, 0.25) is 5.02 Å². The lowest BCUT2D eigenvalue weighted by molar-refractivity contribution is -0.137. The Hall–Kier alpha value is -2.68. The second-order valence-electron chi connectivity index (χ2n) is 9.28. The molecule has 2 aliphatic heterocycles. The Morgan fingerprint density at radius 2 is 1.81 bits per heavy atom. The van der Waals surface area contributed by atoms with Gasteiger partial charge in [-0.25, -0.2) is 8.51 Å². The van der Waals surface area contributed by atoms with Gasteiger partial charge in [-0.1, -0.05) is 42.4 Å². The van der Waals surface area contributed by atoms with Crippen molar-refractivity contribution in [2.45, 2.75) is 43.0 Å². The third kappa shape index (κ3) is 4.58. The number of rotatable bonds is 5. The summed E-state index contributed by atoms with van der Waals surface area (Å²) in [7, 11) is -3.19. The molecule has 5 rings (SSSR count). The predicted octanol–water partition coefficient (Wildman–Crippen LogP) is 6.17. The minimum Gasteiger partial charge on any atom is -0.371 e. The van der Waals surface area contributed by atoms with Crippen LogP contribution in [0, 0.1) is 0 Å². The van der Waals surface area contributed by atoms with E-state index in [1.807, 2.05) is 24.4 Å². The summed E-state index contributed by atoms with van der Waals surface area (Å²) in [4.78, 5) is 2.36. The average molecular weight is 534 g/mol. The molecular formula is C27H27ClF3N3OS. The predicted molar refractivity (Wildman–Crippen MR) is 138 cm³/mol. The van der Waals surface area contributed by atoms with Crippen molar-refractivity contribution in [1.29, 1.82) is 0 Å². The molecule has 190 valence electrons. The highest BCUT2D eigenvalue weighted by Gasteiger charge is 2.37. The molecule has 0 saturated carbocycles. The fourth-order valence-corrected chi connectivity index (χ4v) is 7.59. The molecule has 0 bridgehead atoms. The average Bonchev–Trinajstić information content (AvgIpc) is 3.32. The number of fused-ring (bicyclic) bond motifs is 2. The number of hydrogen-bond donors (Lipinski definition) is 0. The molecule has 3 aromatic rings. The van der Waals surface area contributed by atoms with Gasteiger partial charge in [-0.2, -0.15) is 13.2 Å². The first-order valence-corrected chi connectivity index (χ1v) is 13.8. The van der Waals surface area contributed by atoms with Crippen LogP contribution in [0.15, 0.2) is 78.0 Å². The Kier molecular flexibility index (Phi) is 6.47. The molecular weight excluding hydrogens is 507 g/mol. The van der Waals surface area contributed by atoms with E-state index in [1.54, 1.807) is 4.31 Å². The van der Waals surface area contributed by atoms with Crippen molar-refractivity contribution in [3.63, 3.8) is 0 Å². The summed E-state index contributed by atoms with van der Waals surface area (Å²) in [5.74, 6) is 4.01. The lowest BCUT2D eigenvalue weighted by Crippen LogP contribution is -2.43. The summed E-state index contributed by atoms with van der Waals surface area (Å²) in [5, 5.41) is -0.198. The van der Waals surface area contributed by atoms with E-state index in [4.69, 9.17) is 11.6 Å². The minimum absolute atomic E-state index is 0.111. The first kappa shape index (κ1) is 25.0. The number of halogens is 4. The molecule has 1 aromatic heterocycles. The largest absolute Gasteiger partial charge is 0.416 e. The molecule has 2 atom stereocenters.